The maximum atomic E-state index is 5.87. The Hall–Kier alpha value is -0.940. The number of rotatable bonds is 3. The fraction of sp³-hybridized carbons (Fsp3) is 0.364. The Morgan fingerprint density at radius 1 is 1.35 bits per heavy atom. The highest BCUT2D eigenvalue weighted by Crippen LogP contribution is 2.22. The van der Waals surface area contributed by atoms with E-state index in [0.717, 1.165) is 34.8 Å². The Labute approximate surface area is 113 Å². The summed E-state index contributed by atoms with van der Waals surface area (Å²) < 4.78 is 2.58. The fourth-order valence-electron chi connectivity index (χ4n) is 1.50. The molecule has 17 heavy (non-hydrogen) atoms. The maximum Gasteiger partial charge on any atom is 0.169 e. The van der Waals surface area contributed by atoms with Gasteiger partial charge < -0.3 is 0 Å². The van der Waals surface area contributed by atoms with Crippen molar-refractivity contribution in [3.05, 3.63) is 33.4 Å². The third kappa shape index (κ3) is 2.50. The standard InChI is InChI=1S/C11H12BrClN4/c1-3-9-15-10(4-2)17(16-9)11-8(12)5-7(13)6-14-11/h5-6H,3-4H2,1-2H3. The van der Waals surface area contributed by atoms with Crippen molar-refractivity contribution in [2.24, 2.45) is 0 Å². The maximum absolute atomic E-state index is 5.87. The van der Waals surface area contributed by atoms with Crippen LogP contribution in [0.4, 0.5) is 0 Å². The molecule has 0 bridgehead atoms. The zero-order valence-corrected chi connectivity index (χ0v) is 12.0. The normalized spacial score (nSPS) is 10.8. The van der Waals surface area contributed by atoms with E-state index in [0.29, 0.717) is 5.02 Å². The van der Waals surface area contributed by atoms with Crippen molar-refractivity contribution in [3.63, 3.8) is 0 Å². The van der Waals surface area contributed by atoms with Gasteiger partial charge >= 0.3 is 0 Å². The van der Waals surface area contributed by atoms with Gasteiger partial charge in [-0.2, -0.15) is 4.68 Å². The summed E-state index contributed by atoms with van der Waals surface area (Å²) in [4.78, 5) is 8.73. The van der Waals surface area contributed by atoms with E-state index in [-0.39, 0.29) is 0 Å². The van der Waals surface area contributed by atoms with Gasteiger partial charge in [-0.3, -0.25) is 0 Å². The van der Waals surface area contributed by atoms with Crippen molar-refractivity contribution in [2.75, 3.05) is 0 Å². The molecule has 2 aromatic heterocycles. The molecule has 2 aromatic rings. The first kappa shape index (κ1) is 12.5. The molecule has 2 heterocycles. The molecule has 0 radical (unpaired) electrons. The molecule has 0 aromatic carbocycles. The number of aryl methyl sites for hydroxylation is 2. The SMILES string of the molecule is CCc1nc(CC)n(-c2ncc(Cl)cc2Br)n1. The molecule has 0 unspecified atom stereocenters. The van der Waals surface area contributed by atoms with Crippen LogP contribution in [0.3, 0.4) is 0 Å². The first-order valence-electron chi connectivity index (χ1n) is 5.42. The fourth-order valence-corrected chi connectivity index (χ4v) is 2.31. The van der Waals surface area contributed by atoms with Gasteiger partial charge in [0.1, 0.15) is 5.82 Å². The highest BCUT2D eigenvalue weighted by Gasteiger charge is 2.13. The monoisotopic (exact) mass is 314 g/mol. The number of nitrogens with zero attached hydrogens (tertiary/aromatic N) is 4. The molecular weight excluding hydrogens is 304 g/mol. The molecule has 2 rings (SSSR count). The van der Waals surface area contributed by atoms with E-state index in [1.165, 1.54) is 0 Å². The van der Waals surface area contributed by atoms with Gasteiger partial charge in [-0.05, 0) is 22.0 Å². The van der Waals surface area contributed by atoms with Crippen LogP contribution in [-0.4, -0.2) is 19.7 Å². The van der Waals surface area contributed by atoms with Crippen LogP contribution in [0.25, 0.3) is 5.82 Å². The molecule has 0 aliphatic carbocycles. The van der Waals surface area contributed by atoms with Gasteiger partial charge in [-0.25, -0.2) is 9.97 Å². The number of hydrogen-bond acceptors (Lipinski definition) is 3. The smallest absolute Gasteiger partial charge is 0.169 e. The van der Waals surface area contributed by atoms with Crippen LogP contribution < -0.4 is 0 Å². The van der Waals surface area contributed by atoms with Gasteiger partial charge in [-0.1, -0.05) is 25.4 Å². The van der Waals surface area contributed by atoms with Crippen LogP contribution in [0.1, 0.15) is 25.5 Å². The minimum Gasteiger partial charge on any atom is -0.234 e. The molecule has 0 amide bonds. The van der Waals surface area contributed by atoms with Gasteiger partial charge in [0, 0.05) is 19.0 Å². The van der Waals surface area contributed by atoms with Crippen LogP contribution in [0, 0.1) is 0 Å². The molecule has 0 aliphatic heterocycles. The second kappa shape index (κ2) is 5.14. The summed E-state index contributed by atoms with van der Waals surface area (Å²) in [6.45, 7) is 4.08. The Kier molecular flexibility index (Phi) is 3.79. The first-order valence-corrected chi connectivity index (χ1v) is 6.59. The number of aromatic nitrogens is 4. The lowest BCUT2D eigenvalue weighted by Gasteiger charge is -2.05. The van der Waals surface area contributed by atoms with Crippen molar-refractivity contribution in [2.45, 2.75) is 26.7 Å². The number of pyridine rings is 1. The second-order valence-electron chi connectivity index (χ2n) is 3.52. The summed E-state index contributed by atoms with van der Waals surface area (Å²) in [5, 5.41) is 5.02. The zero-order valence-electron chi connectivity index (χ0n) is 9.61. The molecule has 90 valence electrons. The lowest BCUT2D eigenvalue weighted by atomic mass is 10.4. The summed E-state index contributed by atoms with van der Waals surface area (Å²) in [6.07, 6.45) is 3.23. The quantitative estimate of drug-likeness (QED) is 0.873. The summed E-state index contributed by atoms with van der Waals surface area (Å²) in [5.74, 6) is 2.45. The lowest BCUT2D eigenvalue weighted by molar-refractivity contribution is 0.765. The molecule has 0 saturated carbocycles. The van der Waals surface area contributed by atoms with Gasteiger partial charge in [0.15, 0.2) is 11.6 Å². The Bertz CT molecular complexity index is 538. The topological polar surface area (TPSA) is 43.6 Å². The van der Waals surface area contributed by atoms with E-state index in [1.54, 1.807) is 16.9 Å². The van der Waals surface area contributed by atoms with Crippen LogP contribution in [0.2, 0.25) is 5.02 Å². The highest BCUT2D eigenvalue weighted by atomic mass is 79.9. The van der Waals surface area contributed by atoms with Crippen molar-refractivity contribution in [3.8, 4) is 5.82 Å². The lowest BCUT2D eigenvalue weighted by Crippen LogP contribution is -2.05. The van der Waals surface area contributed by atoms with Crippen molar-refractivity contribution in [1.82, 2.24) is 19.7 Å². The van der Waals surface area contributed by atoms with Crippen molar-refractivity contribution in [1.29, 1.82) is 0 Å². The van der Waals surface area contributed by atoms with Crippen molar-refractivity contribution >= 4 is 27.5 Å². The van der Waals surface area contributed by atoms with Crippen LogP contribution in [-0.2, 0) is 12.8 Å². The predicted molar refractivity (Wildman–Crippen MR) is 70.6 cm³/mol. The molecule has 0 saturated heterocycles. The third-order valence-electron chi connectivity index (χ3n) is 2.34. The zero-order chi connectivity index (χ0) is 12.4. The predicted octanol–water partition coefficient (Wildman–Crippen LogP) is 3.20. The molecule has 4 nitrogen and oxygen atoms in total. The molecule has 0 N–H and O–H groups in total. The van der Waals surface area contributed by atoms with E-state index >= 15 is 0 Å². The summed E-state index contributed by atoms with van der Waals surface area (Å²) >= 11 is 9.32. The highest BCUT2D eigenvalue weighted by molar-refractivity contribution is 9.10. The molecule has 0 spiro atoms. The van der Waals surface area contributed by atoms with E-state index in [2.05, 4.69) is 31.0 Å². The van der Waals surface area contributed by atoms with Crippen LogP contribution in [0.15, 0.2) is 16.7 Å². The van der Waals surface area contributed by atoms with E-state index in [4.69, 9.17) is 11.6 Å². The first-order chi connectivity index (χ1) is 8.15. The number of halogens is 2. The van der Waals surface area contributed by atoms with Gasteiger partial charge in [0.2, 0.25) is 0 Å². The second-order valence-corrected chi connectivity index (χ2v) is 4.81. The minimum atomic E-state index is 0.592. The molecular formula is C11H12BrClN4. The molecule has 0 fully saturated rings. The molecule has 0 atom stereocenters. The van der Waals surface area contributed by atoms with Crippen LogP contribution in [0.5, 0.6) is 0 Å². The summed E-state index contributed by atoms with van der Waals surface area (Å²) in [6, 6.07) is 1.80. The average molecular weight is 316 g/mol. The Morgan fingerprint density at radius 3 is 2.71 bits per heavy atom. The Morgan fingerprint density at radius 2 is 2.12 bits per heavy atom. The van der Waals surface area contributed by atoms with Gasteiger partial charge in [0.25, 0.3) is 0 Å². The molecule has 0 aliphatic rings. The Balaban J connectivity index is 2.55. The largest absolute Gasteiger partial charge is 0.234 e. The number of hydrogen-bond donors (Lipinski definition) is 0. The van der Waals surface area contributed by atoms with E-state index in [1.807, 2.05) is 13.8 Å². The van der Waals surface area contributed by atoms with Crippen molar-refractivity contribution < 1.29 is 0 Å². The van der Waals surface area contributed by atoms with Crippen LogP contribution >= 0.6 is 27.5 Å². The summed E-state index contributed by atoms with van der Waals surface area (Å²) in [7, 11) is 0. The van der Waals surface area contributed by atoms with Gasteiger partial charge in [0.05, 0.1) is 9.50 Å². The third-order valence-corrected chi connectivity index (χ3v) is 3.13. The minimum absolute atomic E-state index is 0.592. The van der Waals surface area contributed by atoms with E-state index in [9.17, 15) is 0 Å². The van der Waals surface area contributed by atoms with Gasteiger partial charge in [-0.15, -0.1) is 5.10 Å². The summed E-state index contributed by atoms with van der Waals surface area (Å²) in [5.41, 5.74) is 0. The molecule has 6 heteroatoms. The average Bonchev–Trinajstić information content (AvgIpc) is 2.72. The van der Waals surface area contributed by atoms with E-state index < -0.39 is 0 Å².